The van der Waals surface area contributed by atoms with Crippen LogP contribution in [0.3, 0.4) is 0 Å². The second-order valence-corrected chi connectivity index (χ2v) is 7.97. The van der Waals surface area contributed by atoms with Crippen LogP contribution in [-0.2, 0) is 0 Å². The number of rotatable bonds is 5. The van der Waals surface area contributed by atoms with E-state index in [9.17, 15) is 4.79 Å². The highest BCUT2D eigenvalue weighted by molar-refractivity contribution is 5.91. The lowest BCUT2D eigenvalue weighted by atomic mass is 10.2. The summed E-state index contributed by atoms with van der Waals surface area (Å²) >= 11 is 0. The van der Waals surface area contributed by atoms with E-state index in [2.05, 4.69) is 15.0 Å². The van der Waals surface area contributed by atoms with E-state index in [1.807, 2.05) is 61.5 Å². The van der Waals surface area contributed by atoms with Crippen molar-refractivity contribution in [3.8, 4) is 22.8 Å². The Kier molecular flexibility index (Phi) is 5.56. The van der Waals surface area contributed by atoms with Crippen molar-refractivity contribution >= 4 is 11.6 Å². The number of anilines is 1. The van der Waals surface area contributed by atoms with E-state index >= 15 is 0 Å². The number of carbonyl (C=O) groups excluding carboxylic acids is 1. The summed E-state index contributed by atoms with van der Waals surface area (Å²) in [7, 11) is 1.67. The van der Waals surface area contributed by atoms with E-state index in [4.69, 9.17) is 9.15 Å². The predicted molar refractivity (Wildman–Crippen MR) is 125 cm³/mol. The smallest absolute Gasteiger partial charge is 0.293 e. The molecule has 0 atom stereocenters. The van der Waals surface area contributed by atoms with Gasteiger partial charge in [-0.2, -0.15) is 0 Å². The zero-order valence-electron chi connectivity index (χ0n) is 18.6. The molecule has 1 aliphatic rings. The van der Waals surface area contributed by atoms with Crippen LogP contribution < -0.4 is 9.64 Å². The number of aryl methyl sites for hydroxylation is 1. The molecule has 4 aromatic rings. The molecule has 5 rings (SSSR count). The average molecular weight is 444 g/mol. The molecule has 0 aliphatic carbocycles. The highest BCUT2D eigenvalue weighted by Crippen LogP contribution is 2.29. The van der Waals surface area contributed by atoms with E-state index in [1.54, 1.807) is 29.2 Å². The maximum absolute atomic E-state index is 13.3. The minimum Gasteiger partial charge on any atom is -0.495 e. The molecule has 0 spiro atoms. The van der Waals surface area contributed by atoms with Gasteiger partial charge < -0.3 is 19.0 Å². The van der Waals surface area contributed by atoms with Crippen LogP contribution in [0.2, 0.25) is 0 Å². The number of nitrogens with zero attached hydrogens (tertiary/aromatic N) is 5. The summed E-state index contributed by atoms with van der Waals surface area (Å²) in [5, 5.41) is 4.58. The number of para-hydroxylation sites is 2. The molecule has 1 aliphatic heterocycles. The third-order valence-corrected chi connectivity index (χ3v) is 5.85. The van der Waals surface area contributed by atoms with Gasteiger partial charge in [0.2, 0.25) is 5.82 Å². The highest BCUT2D eigenvalue weighted by Gasteiger charge is 2.27. The number of ether oxygens (including phenoxy) is 1. The number of aromatic nitrogens is 3. The number of methoxy groups -OCH3 is 1. The van der Waals surface area contributed by atoms with Gasteiger partial charge >= 0.3 is 0 Å². The maximum atomic E-state index is 13.3. The first-order chi connectivity index (χ1) is 16.1. The van der Waals surface area contributed by atoms with Gasteiger partial charge in [0.1, 0.15) is 12.0 Å². The Bertz CT molecular complexity index is 1240. The number of hydrogen-bond acceptors (Lipinski definition) is 6. The van der Waals surface area contributed by atoms with Gasteiger partial charge in [-0.05, 0) is 37.3 Å². The minimum absolute atomic E-state index is 0.176. The van der Waals surface area contributed by atoms with Crippen molar-refractivity contribution in [2.45, 2.75) is 6.92 Å². The molecule has 168 valence electrons. The summed E-state index contributed by atoms with van der Waals surface area (Å²) in [5.74, 6) is 1.41. The molecule has 0 saturated carbocycles. The van der Waals surface area contributed by atoms with Crippen molar-refractivity contribution in [1.29, 1.82) is 0 Å². The van der Waals surface area contributed by atoms with E-state index in [0.29, 0.717) is 32.0 Å². The van der Waals surface area contributed by atoms with Gasteiger partial charge in [0, 0.05) is 26.2 Å². The first-order valence-electron chi connectivity index (χ1n) is 10.9. The Labute approximate surface area is 192 Å². The van der Waals surface area contributed by atoms with E-state index in [1.165, 1.54) is 0 Å². The van der Waals surface area contributed by atoms with E-state index < -0.39 is 0 Å². The summed E-state index contributed by atoms with van der Waals surface area (Å²) in [5.41, 5.74) is 3.79. The lowest BCUT2D eigenvalue weighted by Crippen LogP contribution is -2.49. The summed E-state index contributed by atoms with van der Waals surface area (Å²) < 4.78 is 12.4. The van der Waals surface area contributed by atoms with Crippen molar-refractivity contribution in [2.75, 3.05) is 38.2 Å². The fourth-order valence-electron chi connectivity index (χ4n) is 4.03. The van der Waals surface area contributed by atoms with Crippen molar-refractivity contribution in [2.24, 2.45) is 0 Å². The third kappa shape index (κ3) is 4.07. The Hall–Kier alpha value is -4.07. The fourth-order valence-corrected chi connectivity index (χ4v) is 4.03. The Balaban J connectivity index is 1.38. The van der Waals surface area contributed by atoms with Gasteiger partial charge in [0.15, 0.2) is 5.82 Å². The molecular formula is C25H25N5O3. The van der Waals surface area contributed by atoms with Crippen molar-refractivity contribution < 1.29 is 13.9 Å². The maximum Gasteiger partial charge on any atom is 0.293 e. The third-order valence-electron chi connectivity index (χ3n) is 5.85. The summed E-state index contributed by atoms with van der Waals surface area (Å²) in [6.45, 7) is 4.61. The summed E-state index contributed by atoms with van der Waals surface area (Å²) in [6.07, 6.45) is 3.19. The topological polar surface area (TPSA) is 76.6 Å². The lowest BCUT2D eigenvalue weighted by molar-refractivity contribution is 0.0734. The predicted octanol–water partition coefficient (Wildman–Crippen LogP) is 3.81. The van der Waals surface area contributed by atoms with Gasteiger partial charge in [-0.3, -0.25) is 4.79 Å². The molecule has 1 fully saturated rings. The minimum atomic E-state index is -0.176. The van der Waals surface area contributed by atoms with E-state index in [0.717, 1.165) is 28.3 Å². The Morgan fingerprint density at radius 3 is 2.45 bits per heavy atom. The van der Waals surface area contributed by atoms with Gasteiger partial charge in [-0.25, -0.2) is 9.67 Å². The molecule has 0 N–H and O–H groups in total. The second kappa shape index (κ2) is 8.82. The first-order valence-corrected chi connectivity index (χ1v) is 10.9. The monoisotopic (exact) mass is 443 g/mol. The number of benzene rings is 2. The highest BCUT2D eigenvalue weighted by atomic mass is 16.5. The summed E-state index contributed by atoms with van der Waals surface area (Å²) in [4.78, 5) is 21.9. The van der Waals surface area contributed by atoms with Crippen molar-refractivity contribution in [3.05, 3.63) is 78.5 Å². The standard InChI is InChI=1S/C25H25N5O3/c1-18-7-9-20(10-8-18)30-24(19-11-16-33-17-19)26-23(27-30)25(31)29-14-12-28(13-15-29)21-5-3-4-6-22(21)32-2/h3-11,16-17H,12-15H2,1-2H3. The largest absolute Gasteiger partial charge is 0.495 e. The molecule has 0 unspecified atom stereocenters. The van der Waals surface area contributed by atoms with Gasteiger partial charge in [-0.15, -0.1) is 5.10 Å². The van der Waals surface area contributed by atoms with Crippen molar-refractivity contribution in [3.63, 3.8) is 0 Å². The van der Waals surface area contributed by atoms with Crippen LogP contribution in [0.1, 0.15) is 16.2 Å². The fraction of sp³-hybridized carbons (Fsp3) is 0.240. The van der Waals surface area contributed by atoms with Crippen LogP contribution >= 0.6 is 0 Å². The zero-order valence-corrected chi connectivity index (χ0v) is 18.6. The van der Waals surface area contributed by atoms with Crippen LogP contribution in [0.25, 0.3) is 17.1 Å². The number of hydrogen-bond donors (Lipinski definition) is 0. The molecule has 1 amide bonds. The SMILES string of the molecule is COc1ccccc1N1CCN(C(=O)c2nc(-c3ccoc3)n(-c3ccc(C)cc3)n2)CC1. The number of piperazine rings is 1. The quantitative estimate of drug-likeness (QED) is 0.467. The molecule has 33 heavy (non-hydrogen) atoms. The van der Waals surface area contributed by atoms with Gasteiger partial charge in [-0.1, -0.05) is 29.8 Å². The van der Waals surface area contributed by atoms with Crippen LogP contribution in [0.15, 0.2) is 71.5 Å². The number of furan rings is 1. The zero-order chi connectivity index (χ0) is 22.8. The summed E-state index contributed by atoms with van der Waals surface area (Å²) in [6, 6.07) is 17.7. The number of amides is 1. The van der Waals surface area contributed by atoms with Crippen LogP contribution in [0.5, 0.6) is 5.75 Å². The molecule has 1 saturated heterocycles. The molecular weight excluding hydrogens is 418 g/mol. The molecule has 8 nitrogen and oxygen atoms in total. The number of carbonyl (C=O) groups is 1. The van der Waals surface area contributed by atoms with Crippen LogP contribution in [-0.4, -0.2) is 58.9 Å². The Morgan fingerprint density at radius 2 is 1.76 bits per heavy atom. The van der Waals surface area contributed by atoms with Crippen LogP contribution in [0, 0.1) is 6.92 Å². The molecule has 0 radical (unpaired) electrons. The Morgan fingerprint density at radius 1 is 1.00 bits per heavy atom. The lowest BCUT2D eigenvalue weighted by Gasteiger charge is -2.36. The average Bonchev–Trinajstić information content (AvgIpc) is 3.54. The van der Waals surface area contributed by atoms with Crippen LogP contribution in [0.4, 0.5) is 5.69 Å². The van der Waals surface area contributed by atoms with Gasteiger partial charge in [0.25, 0.3) is 5.91 Å². The molecule has 2 aromatic heterocycles. The van der Waals surface area contributed by atoms with Crippen molar-refractivity contribution in [1.82, 2.24) is 19.7 Å². The van der Waals surface area contributed by atoms with E-state index in [-0.39, 0.29) is 11.7 Å². The normalized spacial score (nSPS) is 13.9. The molecule has 0 bridgehead atoms. The second-order valence-electron chi connectivity index (χ2n) is 7.97. The molecule has 3 heterocycles. The molecule has 2 aromatic carbocycles. The van der Waals surface area contributed by atoms with Gasteiger partial charge in [0.05, 0.1) is 30.3 Å². The molecule has 8 heteroatoms. The first kappa shape index (κ1) is 20.8.